The van der Waals surface area contributed by atoms with Gasteiger partial charge in [-0.15, -0.1) is 0 Å². The van der Waals surface area contributed by atoms with Crippen LogP contribution in [0.4, 0.5) is 11.4 Å². The second-order valence-electron chi connectivity index (χ2n) is 4.66. The summed E-state index contributed by atoms with van der Waals surface area (Å²) in [6.45, 7) is 2.13. The van der Waals surface area contributed by atoms with Crippen molar-refractivity contribution in [1.29, 1.82) is 0 Å². The van der Waals surface area contributed by atoms with Crippen LogP contribution in [-0.4, -0.2) is 42.2 Å². The number of hydrogen-bond acceptors (Lipinski definition) is 5. The van der Waals surface area contributed by atoms with Gasteiger partial charge in [-0.05, 0) is 31.4 Å². The van der Waals surface area contributed by atoms with E-state index in [1.165, 1.54) is 0 Å². The number of carbonyl (C=O) groups excluding carboxylic acids is 1. The summed E-state index contributed by atoms with van der Waals surface area (Å²) in [6.07, 6.45) is 1.94. The molecule has 106 valence electrons. The largest absolute Gasteiger partial charge is 0.397 e. The smallest absolute Gasteiger partial charge is 0.251 e. The van der Waals surface area contributed by atoms with Crippen LogP contribution in [0.5, 0.6) is 0 Å². The number of nitrogens with two attached hydrogens (primary N) is 1. The SMILES string of the molecule is CNC(=O)c1ccc(N)c(NCC(C)(O)CSC)c1. The zero-order chi connectivity index (χ0) is 14.5. The number of rotatable bonds is 6. The number of hydrogen-bond donors (Lipinski definition) is 4. The summed E-state index contributed by atoms with van der Waals surface area (Å²) in [5, 5.41) is 15.7. The first-order valence-corrected chi connectivity index (χ1v) is 7.36. The van der Waals surface area contributed by atoms with Gasteiger partial charge in [0.15, 0.2) is 0 Å². The van der Waals surface area contributed by atoms with Gasteiger partial charge in [-0.3, -0.25) is 4.79 Å². The second-order valence-corrected chi connectivity index (χ2v) is 5.53. The van der Waals surface area contributed by atoms with Gasteiger partial charge in [-0.2, -0.15) is 11.8 Å². The van der Waals surface area contributed by atoms with E-state index >= 15 is 0 Å². The summed E-state index contributed by atoms with van der Waals surface area (Å²) in [7, 11) is 1.58. The number of carbonyl (C=O) groups is 1. The molecular formula is C13H21N3O2S. The monoisotopic (exact) mass is 283 g/mol. The van der Waals surface area contributed by atoms with E-state index in [4.69, 9.17) is 5.73 Å². The van der Waals surface area contributed by atoms with Crippen LogP contribution in [0.1, 0.15) is 17.3 Å². The Balaban J connectivity index is 2.80. The lowest BCUT2D eigenvalue weighted by Crippen LogP contribution is -2.36. The minimum atomic E-state index is -0.825. The quantitative estimate of drug-likeness (QED) is 0.588. The minimum absolute atomic E-state index is 0.168. The number of thioether (sulfide) groups is 1. The third kappa shape index (κ3) is 4.65. The first-order chi connectivity index (χ1) is 8.89. The molecule has 19 heavy (non-hydrogen) atoms. The molecule has 0 aliphatic carbocycles. The van der Waals surface area contributed by atoms with Gasteiger partial charge in [0.25, 0.3) is 5.91 Å². The highest BCUT2D eigenvalue weighted by Crippen LogP contribution is 2.21. The van der Waals surface area contributed by atoms with Gasteiger partial charge in [0.1, 0.15) is 0 Å². The molecule has 0 saturated heterocycles. The van der Waals surface area contributed by atoms with Gasteiger partial charge in [0, 0.05) is 24.9 Å². The fourth-order valence-electron chi connectivity index (χ4n) is 1.64. The van der Waals surface area contributed by atoms with Crippen molar-refractivity contribution in [2.75, 3.05) is 36.7 Å². The van der Waals surface area contributed by atoms with E-state index in [9.17, 15) is 9.90 Å². The normalized spacial score (nSPS) is 13.7. The highest BCUT2D eigenvalue weighted by Gasteiger charge is 2.19. The van der Waals surface area contributed by atoms with Crippen molar-refractivity contribution in [2.24, 2.45) is 0 Å². The van der Waals surface area contributed by atoms with Crippen molar-refractivity contribution < 1.29 is 9.90 Å². The molecular weight excluding hydrogens is 262 g/mol. The van der Waals surface area contributed by atoms with Crippen molar-refractivity contribution >= 4 is 29.0 Å². The van der Waals surface area contributed by atoms with E-state index < -0.39 is 5.60 Å². The standard InChI is InChI=1S/C13H21N3O2S/c1-13(18,8-19-3)7-16-11-6-9(12(17)15-2)4-5-10(11)14/h4-6,16,18H,7-8,14H2,1-3H3,(H,15,17). The number of nitrogen functional groups attached to an aromatic ring is 1. The average molecular weight is 283 g/mol. The number of benzene rings is 1. The molecule has 1 rings (SSSR count). The molecule has 1 unspecified atom stereocenters. The predicted molar refractivity (Wildman–Crippen MR) is 81.7 cm³/mol. The lowest BCUT2D eigenvalue weighted by atomic mass is 10.1. The predicted octanol–water partition coefficient (Wildman–Crippen LogP) is 1.15. The summed E-state index contributed by atoms with van der Waals surface area (Å²) in [4.78, 5) is 11.5. The van der Waals surface area contributed by atoms with Crippen LogP contribution in [0.25, 0.3) is 0 Å². The molecule has 1 amide bonds. The Morgan fingerprint density at radius 2 is 2.21 bits per heavy atom. The molecule has 0 bridgehead atoms. The Kier molecular flexibility index (Phi) is 5.50. The fourth-order valence-corrected chi connectivity index (χ4v) is 2.37. The van der Waals surface area contributed by atoms with Crippen molar-refractivity contribution in [3.63, 3.8) is 0 Å². The van der Waals surface area contributed by atoms with E-state index in [0.29, 0.717) is 29.2 Å². The number of nitrogens with one attached hydrogen (secondary N) is 2. The van der Waals surface area contributed by atoms with E-state index in [2.05, 4.69) is 10.6 Å². The molecule has 5 N–H and O–H groups in total. The lowest BCUT2D eigenvalue weighted by Gasteiger charge is -2.23. The number of amides is 1. The third-order valence-corrected chi connectivity index (χ3v) is 3.57. The van der Waals surface area contributed by atoms with Gasteiger partial charge in [-0.25, -0.2) is 0 Å². The van der Waals surface area contributed by atoms with Crippen molar-refractivity contribution in [3.8, 4) is 0 Å². The van der Waals surface area contributed by atoms with Gasteiger partial charge >= 0.3 is 0 Å². The molecule has 0 aliphatic heterocycles. The molecule has 5 nitrogen and oxygen atoms in total. The van der Waals surface area contributed by atoms with Crippen LogP contribution in [0.15, 0.2) is 18.2 Å². The highest BCUT2D eigenvalue weighted by atomic mass is 32.2. The number of aliphatic hydroxyl groups is 1. The first-order valence-electron chi connectivity index (χ1n) is 5.96. The molecule has 1 atom stereocenters. The molecule has 0 aromatic heterocycles. The molecule has 6 heteroatoms. The van der Waals surface area contributed by atoms with Crippen molar-refractivity contribution in [2.45, 2.75) is 12.5 Å². The van der Waals surface area contributed by atoms with Gasteiger partial charge in [0.05, 0.1) is 17.0 Å². The van der Waals surface area contributed by atoms with Crippen LogP contribution in [0.3, 0.4) is 0 Å². The van der Waals surface area contributed by atoms with Gasteiger partial charge in [-0.1, -0.05) is 0 Å². The topological polar surface area (TPSA) is 87.4 Å². The van der Waals surface area contributed by atoms with E-state index in [1.54, 1.807) is 43.9 Å². The van der Waals surface area contributed by atoms with Gasteiger partial charge < -0.3 is 21.5 Å². The van der Waals surface area contributed by atoms with E-state index in [0.717, 1.165) is 0 Å². The number of anilines is 2. The molecule has 0 heterocycles. The summed E-state index contributed by atoms with van der Waals surface area (Å²) >= 11 is 1.57. The van der Waals surface area contributed by atoms with Crippen molar-refractivity contribution in [1.82, 2.24) is 5.32 Å². The second kappa shape index (κ2) is 6.68. The molecule has 0 radical (unpaired) electrons. The summed E-state index contributed by atoms with van der Waals surface area (Å²) in [5.74, 6) is 0.452. The Labute approximate surface area is 118 Å². The maximum Gasteiger partial charge on any atom is 0.251 e. The van der Waals surface area contributed by atoms with Crippen LogP contribution < -0.4 is 16.4 Å². The average Bonchev–Trinajstić information content (AvgIpc) is 2.37. The van der Waals surface area contributed by atoms with E-state index in [1.807, 2.05) is 6.26 Å². The van der Waals surface area contributed by atoms with Gasteiger partial charge in [0.2, 0.25) is 0 Å². The minimum Gasteiger partial charge on any atom is -0.397 e. The summed E-state index contributed by atoms with van der Waals surface area (Å²) < 4.78 is 0. The molecule has 1 aromatic rings. The molecule has 0 saturated carbocycles. The zero-order valence-electron chi connectivity index (χ0n) is 11.5. The molecule has 0 aliphatic rings. The van der Waals surface area contributed by atoms with Crippen LogP contribution in [0, 0.1) is 0 Å². The van der Waals surface area contributed by atoms with E-state index in [-0.39, 0.29) is 5.91 Å². The maximum atomic E-state index is 11.5. The van der Waals surface area contributed by atoms with Crippen LogP contribution in [-0.2, 0) is 0 Å². The Morgan fingerprint density at radius 1 is 1.53 bits per heavy atom. The Morgan fingerprint density at radius 3 is 2.79 bits per heavy atom. The van der Waals surface area contributed by atoms with Crippen LogP contribution >= 0.6 is 11.8 Å². The molecule has 0 spiro atoms. The Bertz CT molecular complexity index is 450. The summed E-state index contributed by atoms with van der Waals surface area (Å²) in [5.41, 5.74) is 6.76. The molecule has 0 fully saturated rings. The van der Waals surface area contributed by atoms with Crippen LogP contribution in [0.2, 0.25) is 0 Å². The fraction of sp³-hybridized carbons (Fsp3) is 0.462. The molecule has 1 aromatic carbocycles. The third-order valence-electron chi connectivity index (χ3n) is 2.66. The maximum absolute atomic E-state index is 11.5. The summed E-state index contributed by atoms with van der Waals surface area (Å²) in [6, 6.07) is 5.03. The lowest BCUT2D eigenvalue weighted by molar-refractivity contribution is 0.0962. The highest BCUT2D eigenvalue weighted by molar-refractivity contribution is 7.98. The Hall–Kier alpha value is -1.40. The first kappa shape index (κ1) is 15.7. The van der Waals surface area contributed by atoms with Crippen molar-refractivity contribution in [3.05, 3.63) is 23.8 Å². The zero-order valence-corrected chi connectivity index (χ0v) is 12.3.